The highest BCUT2D eigenvalue weighted by Crippen LogP contribution is 2.30. The van der Waals surface area contributed by atoms with Crippen LogP contribution in [0, 0.1) is 0 Å². The molecule has 124 valence electrons. The van der Waals surface area contributed by atoms with Crippen LogP contribution in [0.15, 0.2) is 48.5 Å². The lowest BCUT2D eigenvalue weighted by Crippen LogP contribution is -2.45. The Labute approximate surface area is 149 Å². The summed E-state index contributed by atoms with van der Waals surface area (Å²) in [6.45, 7) is 0.839. The number of hydrogen-bond donors (Lipinski definition) is 2. The number of carbonyl (C=O) groups excluding carboxylic acids is 1. The Balaban J connectivity index is 1.48. The molecule has 2 aromatic rings. The van der Waals surface area contributed by atoms with Crippen molar-refractivity contribution in [2.24, 2.45) is 0 Å². The number of nitrogens with one attached hydrogen (secondary N) is 2. The fourth-order valence-electron chi connectivity index (χ4n) is 2.19. The molecule has 1 aliphatic rings. The maximum Gasteiger partial charge on any atom is 0.257 e. The van der Waals surface area contributed by atoms with Crippen molar-refractivity contribution in [3.63, 3.8) is 0 Å². The normalized spacial score (nSPS) is 15.5. The molecule has 0 saturated carbocycles. The van der Waals surface area contributed by atoms with E-state index in [0.717, 1.165) is 5.75 Å². The molecule has 0 aromatic heterocycles. The molecule has 7 heteroatoms. The fourth-order valence-corrected chi connectivity index (χ4v) is 2.49. The average molecular weight is 363 g/mol. The predicted molar refractivity (Wildman–Crippen MR) is 95.9 cm³/mol. The van der Waals surface area contributed by atoms with Crippen LogP contribution in [0.4, 0.5) is 0 Å². The van der Waals surface area contributed by atoms with Gasteiger partial charge in [0.05, 0.1) is 6.54 Å². The van der Waals surface area contributed by atoms with Crippen LogP contribution in [0.5, 0.6) is 11.5 Å². The van der Waals surface area contributed by atoms with E-state index in [4.69, 9.17) is 33.3 Å². The summed E-state index contributed by atoms with van der Waals surface area (Å²) in [5, 5.41) is 6.38. The van der Waals surface area contributed by atoms with Gasteiger partial charge in [-0.25, -0.2) is 0 Å². The van der Waals surface area contributed by atoms with E-state index in [1.54, 1.807) is 24.3 Å². The number of hydrogen-bond acceptors (Lipinski definition) is 4. The van der Waals surface area contributed by atoms with Gasteiger partial charge in [0, 0.05) is 10.6 Å². The van der Waals surface area contributed by atoms with Crippen molar-refractivity contribution < 1.29 is 14.3 Å². The molecule has 0 radical (unpaired) electrons. The minimum Gasteiger partial charge on any atom is -0.486 e. The Hall–Kier alpha value is -2.31. The topological polar surface area (TPSA) is 59.6 Å². The third-order valence-corrected chi connectivity index (χ3v) is 3.89. The highest BCUT2D eigenvalue weighted by molar-refractivity contribution is 7.80. The van der Waals surface area contributed by atoms with Gasteiger partial charge in [0.1, 0.15) is 12.7 Å². The van der Waals surface area contributed by atoms with Crippen molar-refractivity contribution in [2.75, 3.05) is 13.2 Å². The zero-order chi connectivity index (χ0) is 16.9. The van der Waals surface area contributed by atoms with E-state index in [0.29, 0.717) is 29.5 Å². The maximum atomic E-state index is 12.0. The standard InChI is InChI=1S/C17H15ClN2O3S/c18-12-7-5-11(6-8-12)16(21)20-17(24)19-9-13-10-22-14-3-1-2-4-15(14)23-13/h1-8,13H,9-10H2,(H2,19,20,21,24). The van der Waals surface area contributed by atoms with Gasteiger partial charge in [0.15, 0.2) is 16.6 Å². The molecule has 3 rings (SSSR count). The molecule has 0 saturated heterocycles. The number of amides is 1. The molecule has 1 atom stereocenters. The molecule has 2 N–H and O–H groups in total. The van der Waals surface area contributed by atoms with Gasteiger partial charge in [-0.05, 0) is 48.6 Å². The second-order valence-corrected chi connectivity index (χ2v) is 6.01. The summed E-state index contributed by atoms with van der Waals surface area (Å²) in [6, 6.07) is 14.1. The van der Waals surface area contributed by atoms with Crippen molar-refractivity contribution in [2.45, 2.75) is 6.10 Å². The van der Waals surface area contributed by atoms with E-state index in [9.17, 15) is 4.79 Å². The first-order chi connectivity index (χ1) is 11.6. The van der Waals surface area contributed by atoms with Crippen molar-refractivity contribution in [3.8, 4) is 11.5 Å². The second-order valence-electron chi connectivity index (χ2n) is 5.17. The largest absolute Gasteiger partial charge is 0.486 e. The molecule has 0 aliphatic carbocycles. The van der Waals surface area contributed by atoms with Gasteiger partial charge in [-0.2, -0.15) is 0 Å². The highest BCUT2D eigenvalue weighted by Gasteiger charge is 2.20. The Morgan fingerprint density at radius 3 is 2.62 bits per heavy atom. The van der Waals surface area contributed by atoms with E-state index in [-0.39, 0.29) is 17.1 Å². The van der Waals surface area contributed by atoms with Crippen LogP contribution in [0.2, 0.25) is 5.02 Å². The zero-order valence-corrected chi connectivity index (χ0v) is 14.2. The first-order valence-corrected chi connectivity index (χ1v) is 8.13. The minimum absolute atomic E-state index is 0.190. The van der Waals surface area contributed by atoms with Gasteiger partial charge >= 0.3 is 0 Å². The van der Waals surface area contributed by atoms with E-state index >= 15 is 0 Å². The molecule has 5 nitrogen and oxygen atoms in total. The Morgan fingerprint density at radius 1 is 1.17 bits per heavy atom. The molecule has 24 heavy (non-hydrogen) atoms. The lowest BCUT2D eigenvalue weighted by atomic mass is 10.2. The molecular weight excluding hydrogens is 348 g/mol. The fraction of sp³-hybridized carbons (Fsp3) is 0.176. The van der Waals surface area contributed by atoms with Crippen LogP contribution in [-0.4, -0.2) is 30.3 Å². The molecule has 0 bridgehead atoms. The number of ether oxygens (including phenoxy) is 2. The molecular formula is C17H15ClN2O3S. The summed E-state index contributed by atoms with van der Waals surface area (Å²) in [4.78, 5) is 12.0. The van der Waals surface area contributed by atoms with Crippen molar-refractivity contribution in [1.29, 1.82) is 0 Å². The Morgan fingerprint density at radius 2 is 1.88 bits per heavy atom. The smallest absolute Gasteiger partial charge is 0.257 e. The summed E-state index contributed by atoms with van der Waals surface area (Å²) in [6.07, 6.45) is -0.190. The SMILES string of the molecule is O=C(NC(=S)NCC1COc2ccccc2O1)c1ccc(Cl)cc1. The number of para-hydroxylation sites is 2. The highest BCUT2D eigenvalue weighted by atomic mass is 35.5. The maximum absolute atomic E-state index is 12.0. The van der Waals surface area contributed by atoms with Crippen molar-refractivity contribution in [3.05, 3.63) is 59.1 Å². The number of carbonyl (C=O) groups is 1. The van der Waals surface area contributed by atoms with Crippen LogP contribution in [0.25, 0.3) is 0 Å². The van der Waals surface area contributed by atoms with E-state index in [2.05, 4.69) is 10.6 Å². The molecule has 0 fully saturated rings. The molecule has 2 aromatic carbocycles. The lowest BCUT2D eigenvalue weighted by molar-refractivity contribution is 0.0928. The summed E-state index contributed by atoms with van der Waals surface area (Å²) in [5.74, 6) is 1.13. The zero-order valence-electron chi connectivity index (χ0n) is 12.6. The Kier molecular flexibility index (Phi) is 5.17. The summed E-state index contributed by atoms with van der Waals surface area (Å²) < 4.78 is 11.4. The first-order valence-electron chi connectivity index (χ1n) is 7.35. The van der Waals surface area contributed by atoms with Gasteiger partial charge < -0.3 is 14.8 Å². The van der Waals surface area contributed by atoms with E-state index < -0.39 is 0 Å². The molecule has 1 amide bonds. The number of fused-ring (bicyclic) bond motifs is 1. The molecule has 1 unspecified atom stereocenters. The minimum atomic E-state index is -0.296. The third kappa shape index (κ3) is 4.15. The predicted octanol–water partition coefficient (Wildman–Crippen LogP) is 2.78. The second kappa shape index (κ2) is 7.51. The van der Waals surface area contributed by atoms with Crippen molar-refractivity contribution in [1.82, 2.24) is 10.6 Å². The van der Waals surface area contributed by atoms with Crippen LogP contribution in [-0.2, 0) is 0 Å². The summed E-state index contributed by atoms with van der Waals surface area (Å²) in [5.41, 5.74) is 0.481. The van der Waals surface area contributed by atoms with Gasteiger partial charge in [0.2, 0.25) is 0 Å². The van der Waals surface area contributed by atoms with Crippen LogP contribution in [0.1, 0.15) is 10.4 Å². The van der Waals surface area contributed by atoms with Crippen LogP contribution < -0.4 is 20.1 Å². The lowest BCUT2D eigenvalue weighted by Gasteiger charge is -2.26. The molecule has 0 spiro atoms. The van der Waals surface area contributed by atoms with Gasteiger partial charge in [-0.15, -0.1) is 0 Å². The van der Waals surface area contributed by atoms with Gasteiger partial charge in [0.25, 0.3) is 5.91 Å². The third-order valence-electron chi connectivity index (χ3n) is 3.39. The number of halogens is 1. The van der Waals surface area contributed by atoms with E-state index in [1.165, 1.54) is 0 Å². The van der Waals surface area contributed by atoms with Crippen molar-refractivity contribution >= 4 is 34.8 Å². The quantitative estimate of drug-likeness (QED) is 0.822. The number of thiocarbonyl (C=S) groups is 1. The molecule has 1 heterocycles. The Bertz CT molecular complexity index is 752. The van der Waals surface area contributed by atoms with E-state index in [1.807, 2.05) is 24.3 Å². The number of benzene rings is 2. The number of rotatable bonds is 3. The van der Waals surface area contributed by atoms with Crippen LogP contribution in [0.3, 0.4) is 0 Å². The summed E-state index contributed by atoms with van der Waals surface area (Å²) in [7, 11) is 0. The van der Waals surface area contributed by atoms with Gasteiger partial charge in [-0.3, -0.25) is 10.1 Å². The average Bonchev–Trinajstić information content (AvgIpc) is 2.60. The molecule has 1 aliphatic heterocycles. The van der Waals surface area contributed by atoms with Crippen LogP contribution >= 0.6 is 23.8 Å². The van der Waals surface area contributed by atoms with Gasteiger partial charge in [-0.1, -0.05) is 23.7 Å². The first kappa shape index (κ1) is 16.5. The summed E-state index contributed by atoms with van der Waals surface area (Å²) >= 11 is 10.9. The monoisotopic (exact) mass is 362 g/mol.